The first kappa shape index (κ1) is 17.7. The molecule has 0 saturated carbocycles. The topological polar surface area (TPSA) is 84.2 Å². The quantitative estimate of drug-likeness (QED) is 0.697. The van der Waals surface area contributed by atoms with Crippen LogP contribution in [0.4, 0.5) is 0 Å². The van der Waals surface area contributed by atoms with E-state index in [-0.39, 0.29) is 30.3 Å². The van der Waals surface area contributed by atoms with Crippen LogP contribution in [0.1, 0.15) is 38.3 Å². The Kier molecular flexibility index (Phi) is 7.39. The zero-order chi connectivity index (χ0) is 15.8. The molecule has 2 unspecified atom stereocenters. The maximum Gasteiger partial charge on any atom is 0.222 e. The van der Waals surface area contributed by atoms with Gasteiger partial charge in [-0.05, 0) is 31.0 Å². The molecule has 0 fully saturated rings. The summed E-state index contributed by atoms with van der Waals surface area (Å²) in [5.41, 5.74) is 6.54. The van der Waals surface area contributed by atoms with Gasteiger partial charge in [0.05, 0.1) is 12.5 Å². The maximum atomic E-state index is 11.9. The van der Waals surface area contributed by atoms with Crippen LogP contribution in [0.3, 0.4) is 0 Å². The number of hydrogen-bond acceptors (Lipinski definition) is 3. The lowest BCUT2D eigenvalue weighted by atomic mass is 10.0. The molecule has 1 aromatic carbocycles. The molecule has 2 atom stereocenters. The predicted octanol–water partition coefficient (Wildman–Crippen LogP) is 1.87. The Morgan fingerprint density at radius 2 is 1.90 bits per heavy atom. The van der Waals surface area contributed by atoms with Crippen molar-refractivity contribution in [1.29, 1.82) is 0 Å². The first-order valence-corrected chi connectivity index (χ1v) is 7.72. The highest BCUT2D eigenvalue weighted by atomic mass is 79.9. The fourth-order valence-corrected chi connectivity index (χ4v) is 2.15. The molecule has 21 heavy (non-hydrogen) atoms. The van der Waals surface area contributed by atoms with Crippen LogP contribution in [0.5, 0.6) is 0 Å². The fraction of sp³-hybridized carbons (Fsp3) is 0.467. The van der Waals surface area contributed by atoms with Crippen LogP contribution in [0.2, 0.25) is 0 Å². The second kappa shape index (κ2) is 8.79. The molecular formula is C15H22BrN3O2. The molecule has 0 heterocycles. The summed E-state index contributed by atoms with van der Waals surface area (Å²) in [5, 5.41) is 5.63. The molecule has 0 radical (unpaired) electrons. The van der Waals surface area contributed by atoms with Crippen LogP contribution in [0.15, 0.2) is 28.7 Å². The lowest BCUT2D eigenvalue weighted by molar-refractivity contribution is -0.122. The summed E-state index contributed by atoms with van der Waals surface area (Å²) >= 11 is 3.37. The van der Waals surface area contributed by atoms with E-state index in [0.29, 0.717) is 6.54 Å². The Bertz CT molecular complexity index is 474. The number of nitrogens with one attached hydrogen (secondary N) is 2. The molecule has 2 amide bonds. The first-order chi connectivity index (χ1) is 9.88. The van der Waals surface area contributed by atoms with Gasteiger partial charge >= 0.3 is 0 Å². The molecule has 6 heteroatoms. The van der Waals surface area contributed by atoms with Crippen LogP contribution in [0.25, 0.3) is 0 Å². The van der Waals surface area contributed by atoms with E-state index in [1.54, 1.807) is 0 Å². The van der Waals surface area contributed by atoms with Gasteiger partial charge in [-0.15, -0.1) is 0 Å². The molecule has 0 bridgehead atoms. The first-order valence-electron chi connectivity index (χ1n) is 6.93. The third-order valence-corrected chi connectivity index (χ3v) is 3.49. The number of benzene rings is 1. The minimum atomic E-state index is -0.328. The largest absolute Gasteiger partial charge is 0.356 e. The van der Waals surface area contributed by atoms with E-state index in [2.05, 4.69) is 26.6 Å². The van der Waals surface area contributed by atoms with Gasteiger partial charge in [0.2, 0.25) is 11.8 Å². The molecule has 0 aromatic heterocycles. The minimum absolute atomic E-state index is 0.0583. The van der Waals surface area contributed by atoms with Crippen molar-refractivity contribution in [2.24, 2.45) is 5.73 Å². The van der Waals surface area contributed by atoms with E-state index >= 15 is 0 Å². The van der Waals surface area contributed by atoms with Crippen LogP contribution in [-0.4, -0.2) is 24.4 Å². The van der Waals surface area contributed by atoms with Gasteiger partial charge in [0.15, 0.2) is 0 Å². The molecule has 1 aromatic rings. The Morgan fingerprint density at radius 1 is 1.29 bits per heavy atom. The summed E-state index contributed by atoms with van der Waals surface area (Å²) in [4.78, 5) is 23.3. The van der Waals surface area contributed by atoms with Gasteiger partial charge in [-0.1, -0.05) is 28.1 Å². The standard InChI is InChI=1S/C15H22BrN3O2/c1-10(17)7-8-18-15(21)9-14(19-11(2)20)12-3-5-13(16)6-4-12/h3-6,10,14H,7-9,17H2,1-2H3,(H,18,21)(H,19,20). The number of hydrogen-bond donors (Lipinski definition) is 3. The molecule has 0 aliphatic rings. The summed E-state index contributed by atoms with van der Waals surface area (Å²) < 4.78 is 0.953. The number of rotatable bonds is 7. The van der Waals surface area contributed by atoms with Crippen molar-refractivity contribution in [2.45, 2.75) is 38.8 Å². The average Bonchev–Trinajstić information content (AvgIpc) is 2.37. The molecule has 0 aliphatic heterocycles. The number of amides is 2. The maximum absolute atomic E-state index is 11.9. The van der Waals surface area contributed by atoms with Gasteiger partial charge in [-0.3, -0.25) is 9.59 Å². The van der Waals surface area contributed by atoms with E-state index < -0.39 is 0 Å². The lowest BCUT2D eigenvalue weighted by Crippen LogP contribution is -2.34. The van der Waals surface area contributed by atoms with E-state index in [4.69, 9.17) is 5.73 Å². The Balaban J connectivity index is 2.63. The van der Waals surface area contributed by atoms with Gasteiger partial charge in [0, 0.05) is 24.0 Å². The highest BCUT2D eigenvalue weighted by Gasteiger charge is 2.16. The Hall–Kier alpha value is -1.40. The summed E-state index contributed by atoms with van der Waals surface area (Å²) in [5.74, 6) is -0.261. The van der Waals surface area contributed by atoms with Crippen LogP contribution in [0, 0.1) is 0 Å². The van der Waals surface area contributed by atoms with Crippen molar-refractivity contribution in [2.75, 3.05) is 6.54 Å². The molecule has 0 aliphatic carbocycles. The molecule has 5 nitrogen and oxygen atoms in total. The second-order valence-corrected chi connectivity index (χ2v) is 6.04. The van der Waals surface area contributed by atoms with Crippen LogP contribution in [-0.2, 0) is 9.59 Å². The zero-order valence-corrected chi connectivity index (χ0v) is 13.9. The Morgan fingerprint density at radius 3 is 2.43 bits per heavy atom. The predicted molar refractivity (Wildman–Crippen MR) is 86.6 cm³/mol. The molecule has 4 N–H and O–H groups in total. The third kappa shape index (κ3) is 7.24. The smallest absolute Gasteiger partial charge is 0.222 e. The third-order valence-electron chi connectivity index (χ3n) is 2.96. The second-order valence-electron chi connectivity index (χ2n) is 5.12. The minimum Gasteiger partial charge on any atom is -0.356 e. The van der Waals surface area contributed by atoms with Gasteiger partial charge in [-0.2, -0.15) is 0 Å². The summed E-state index contributed by atoms with van der Waals surface area (Å²) in [7, 11) is 0. The van der Waals surface area contributed by atoms with E-state index in [0.717, 1.165) is 16.5 Å². The summed E-state index contributed by atoms with van der Waals surface area (Å²) in [6.07, 6.45) is 0.939. The van der Waals surface area contributed by atoms with E-state index in [9.17, 15) is 9.59 Å². The summed E-state index contributed by atoms with van der Waals surface area (Å²) in [6.45, 7) is 3.89. The van der Waals surface area contributed by atoms with Crippen molar-refractivity contribution in [3.8, 4) is 0 Å². The lowest BCUT2D eigenvalue weighted by Gasteiger charge is -2.18. The van der Waals surface area contributed by atoms with Gasteiger partial charge in [0.25, 0.3) is 0 Å². The SMILES string of the molecule is CC(=O)NC(CC(=O)NCCC(C)N)c1ccc(Br)cc1. The van der Waals surface area contributed by atoms with Crippen molar-refractivity contribution in [3.05, 3.63) is 34.3 Å². The van der Waals surface area contributed by atoms with Gasteiger partial charge < -0.3 is 16.4 Å². The molecule has 0 saturated heterocycles. The monoisotopic (exact) mass is 355 g/mol. The van der Waals surface area contributed by atoms with Crippen molar-refractivity contribution in [1.82, 2.24) is 10.6 Å². The molecule has 1 rings (SSSR count). The number of carbonyl (C=O) groups excluding carboxylic acids is 2. The van der Waals surface area contributed by atoms with E-state index in [1.807, 2.05) is 31.2 Å². The van der Waals surface area contributed by atoms with Crippen molar-refractivity contribution >= 4 is 27.7 Å². The number of nitrogens with two attached hydrogens (primary N) is 1. The number of carbonyl (C=O) groups is 2. The van der Waals surface area contributed by atoms with E-state index in [1.165, 1.54) is 6.92 Å². The molecule has 116 valence electrons. The normalized spacial score (nSPS) is 13.3. The zero-order valence-electron chi connectivity index (χ0n) is 12.4. The highest BCUT2D eigenvalue weighted by Crippen LogP contribution is 2.19. The fourth-order valence-electron chi connectivity index (χ4n) is 1.89. The van der Waals surface area contributed by atoms with Crippen LogP contribution < -0.4 is 16.4 Å². The number of halogens is 1. The van der Waals surface area contributed by atoms with Crippen molar-refractivity contribution in [3.63, 3.8) is 0 Å². The van der Waals surface area contributed by atoms with Gasteiger partial charge in [-0.25, -0.2) is 0 Å². The van der Waals surface area contributed by atoms with Crippen LogP contribution >= 0.6 is 15.9 Å². The van der Waals surface area contributed by atoms with Gasteiger partial charge in [0.1, 0.15) is 0 Å². The molecular weight excluding hydrogens is 334 g/mol. The van der Waals surface area contributed by atoms with Crippen molar-refractivity contribution < 1.29 is 9.59 Å². The average molecular weight is 356 g/mol. The molecule has 0 spiro atoms. The highest BCUT2D eigenvalue weighted by molar-refractivity contribution is 9.10. The Labute approximate surface area is 133 Å². The summed E-state index contributed by atoms with van der Waals surface area (Å²) in [6, 6.07) is 7.28.